The molecule has 0 radical (unpaired) electrons. The van der Waals surface area contributed by atoms with Gasteiger partial charge in [0, 0.05) is 44.2 Å². The zero-order chi connectivity index (χ0) is 19.2. The largest absolute Gasteiger partial charge is 0.469 e. The van der Waals surface area contributed by atoms with Gasteiger partial charge in [0.1, 0.15) is 5.76 Å². The Bertz CT molecular complexity index is 729. The van der Waals surface area contributed by atoms with Gasteiger partial charge < -0.3 is 15.1 Å². The van der Waals surface area contributed by atoms with Crippen LogP contribution in [0.4, 0.5) is 0 Å². The van der Waals surface area contributed by atoms with Gasteiger partial charge in [-0.05, 0) is 50.3 Å². The molecule has 0 aliphatic carbocycles. The number of piperidine rings is 1. The minimum absolute atomic E-state index is 0.505. The minimum atomic E-state index is 0.505. The van der Waals surface area contributed by atoms with E-state index in [1.165, 1.54) is 31.2 Å². The molecule has 2 bridgehead atoms. The van der Waals surface area contributed by atoms with E-state index in [1.54, 1.807) is 6.26 Å². The van der Waals surface area contributed by atoms with Crippen molar-refractivity contribution >= 4 is 5.96 Å². The summed E-state index contributed by atoms with van der Waals surface area (Å²) in [4.78, 5) is 7.49. The van der Waals surface area contributed by atoms with Gasteiger partial charge in [-0.15, -0.1) is 0 Å². The quantitative estimate of drug-likeness (QED) is 0.570. The first kappa shape index (κ1) is 19.1. The first-order valence-electron chi connectivity index (χ1n) is 10.7. The van der Waals surface area contributed by atoms with Gasteiger partial charge in [-0.25, -0.2) is 0 Å². The summed E-state index contributed by atoms with van der Waals surface area (Å²) in [6, 6.07) is 16.7. The van der Waals surface area contributed by atoms with E-state index >= 15 is 0 Å². The molecule has 2 aliphatic rings. The number of nitrogens with one attached hydrogen (secondary N) is 2. The predicted molar refractivity (Wildman–Crippen MR) is 113 cm³/mol. The predicted octanol–water partition coefficient (Wildman–Crippen LogP) is 3.57. The lowest BCUT2D eigenvalue weighted by atomic mass is 9.96. The van der Waals surface area contributed by atoms with Gasteiger partial charge >= 0.3 is 0 Å². The zero-order valence-corrected chi connectivity index (χ0v) is 16.8. The first-order chi connectivity index (χ1) is 13.8. The third-order valence-corrected chi connectivity index (χ3v) is 5.99. The Morgan fingerprint density at radius 2 is 1.89 bits per heavy atom. The van der Waals surface area contributed by atoms with Crippen LogP contribution >= 0.6 is 0 Å². The number of hydrogen-bond donors (Lipinski definition) is 2. The lowest BCUT2D eigenvalue weighted by Gasteiger charge is -2.39. The van der Waals surface area contributed by atoms with Crippen molar-refractivity contribution in [1.29, 1.82) is 0 Å². The Morgan fingerprint density at radius 3 is 2.57 bits per heavy atom. The fourth-order valence-corrected chi connectivity index (χ4v) is 4.69. The molecule has 5 nitrogen and oxygen atoms in total. The van der Waals surface area contributed by atoms with Crippen LogP contribution in [0, 0.1) is 0 Å². The van der Waals surface area contributed by atoms with Crippen molar-refractivity contribution in [3.8, 4) is 0 Å². The summed E-state index contributed by atoms with van der Waals surface area (Å²) in [5.74, 6) is 1.93. The molecule has 2 unspecified atom stereocenters. The van der Waals surface area contributed by atoms with E-state index in [0.29, 0.717) is 18.1 Å². The van der Waals surface area contributed by atoms with Crippen LogP contribution in [0.15, 0.2) is 58.1 Å². The monoisotopic (exact) mass is 380 g/mol. The van der Waals surface area contributed by atoms with Crippen LogP contribution in [-0.4, -0.2) is 42.1 Å². The molecule has 0 spiro atoms. The van der Waals surface area contributed by atoms with Crippen molar-refractivity contribution < 1.29 is 4.42 Å². The van der Waals surface area contributed by atoms with Gasteiger partial charge in [0.25, 0.3) is 0 Å². The van der Waals surface area contributed by atoms with Crippen LogP contribution in [0.3, 0.4) is 0 Å². The maximum absolute atomic E-state index is 5.41. The van der Waals surface area contributed by atoms with Crippen molar-refractivity contribution in [2.45, 2.75) is 63.7 Å². The van der Waals surface area contributed by atoms with E-state index < -0.39 is 0 Å². The van der Waals surface area contributed by atoms with E-state index in [9.17, 15) is 0 Å². The Labute approximate surface area is 168 Å². The SMILES string of the molecule is CCNC(=NCCc1ccco1)NC1CC2CCC(C1)N2Cc1ccccc1. The molecule has 2 saturated heterocycles. The fourth-order valence-electron chi connectivity index (χ4n) is 4.69. The second-order valence-electron chi connectivity index (χ2n) is 7.95. The molecule has 3 heterocycles. The van der Waals surface area contributed by atoms with Crippen LogP contribution in [0.2, 0.25) is 0 Å². The summed E-state index contributed by atoms with van der Waals surface area (Å²) in [6.07, 6.45) is 7.60. The number of furan rings is 1. The summed E-state index contributed by atoms with van der Waals surface area (Å²) in [6.45, 7) is 4.82. The molecule has 1 aromatic carbocycles. The van der Waals surface area contributed by atoms with Crippen molar-refractivity contribution in [3.63, 3.8) is 0 Å². The van der Waals surface area contributed by atoms with E-state index in [-0.39, 0.29) is 0 Å². The highest BCUT2D eigenvalue weighted by atomic mass is 16.3. The van der Waals surface area contributed by atoms with Gasteiger partial charge in [-0.3, -0.25) is 9.89 Å². The Balaban J connectivity index is 1.32. The van der Waals surface area contributed by atoms with Gasteiger partial charge in [0.15, 0.2) is 5.96 Å². The van der Waals surface area contributed by atoms with Gasteiger partial charge in [0.05, 0.1) is 6.26 Å². The van der Waals surface area contributed by atoms with Crippen LogP contribution in [0.5, 0.6) is 0 Å². The maximum atomic E-state index is 5.41. The van der Waals surface area contributed by atoms with E-state index in [0.717, 1.165) is 37.8 Å². The molecule has 150 valence electrons. The second kappa shape index (κ2) is 9.28. The molecular formula is C23H32N4O. The average molecular weight is 381 g/mol. The molecule has 4 rings (SSSR count). The molecule has 0 amide bonds. The maximum Gasteiger partial charge on any atom is 0.191 e. The van der Waals surface area contributed by atoms with Crippen LogP contribution < -0.4 is 10.6 Å². The molecule has 2 aromatic rings. The standard InChI is InChI=1S/C23H32N4O/c1-2-24-23(25-13-12-22-9-6-14-28-22)26-19-15-20-10-11-21(16-19)27(20)17-18-7-4-3-5-8-18/h3-9,14,19-21H,2,10-13,15-17H2,1H3,(H2,24,25,26). The summed E-state index contributed by atoms with van der Waals surface area (Å²) >= 11 is 0. The minimum Gasteiger partial charge on any atom is -0.469 e. The molecule has 2 atom stereocenters. The first-order valence-corrected chi connectivity index (χ1v) is 10.7. The van der Waals surface area contributed by atoms with Crippen LogP contribution in [-0.2, 0) is 13.0 Å². The third-order valence-electron chi connectivity index (χ3n) is 5.99. The normalized spacial score (nSPS) is 25.0. The summed E-state index contributed by atoms with van der Waals surface area (Å²) in [5.41, 5.74) is 1.43. The summed E-state index contributed by atoms with van der Waals surface area (Å²) in [7, 11) is 0. The van der Waals surface area contributed by atoms with Crippen LogP contribution in [0.1, 0.15) is 43.9 Å². The van der Waals surface area contributed by atoms with E-state index in [1.807, 2.05) is 12.1 Å². The lowest BCUT2D eigenvalue weighted by molar-refractivity contribution is 0.114. The van der Waals surface area contributed by atoms with Gasteiger partial charge in [-0.2, -0.15) is 0 Å². The number of guanidine groups is 1. The number of aliphatic imine (C=N–C) groups is 1. The summed E-state index contributed by atoms with van der Waals surface area (Å²) < 4.78 is 5.41. The highest BCUT2D eigenvalue weighted by Gasteiger charge is 2.40. The van der Waals surface area contributed by atoms with Gasteiger partial charge in [-0.1, -0.05) is 30.3 Å². The number of hydrogen-bond acceptors (Lipinski definition) is 3. The van der Waals surface area contributed by atoms with Gasteiger partial charge in [0.2, 0.25) is 0 Å². The molecule has 28 heavy (non-hydrogen) atoms. The van der Waals surface area contributed by atoms with Crippen molar-refractivity contribution in [2.75, 3.05) is 13.1 Å². The smallest absolute Gasteiger partial charge is 0.191 e. The zero-order valence-electron chi connectivity index (χ0n) is 16.8. The molecule has 5 heteroatoms. The topological polar surface area (TPSA) is 52.8 Å². The number of nitrogens with zero attached hydrogens (tertiary/aromatic N) is 2. The van der Waals surface area contributed by atoms with Crippen molar-refractivity contribution in [2.24, 2.45) is 4.99 Å². The molecule has 0 saturated carbocycles. The lowest BCUT2D eigenvalue weighted by Crippen LogP contribution is -2.52. The second-order valence-corrected chi connectivity index (χ2v) is 7.95. The van der Waals surface area contributed by atoms with E-state index in [4.69, 9.17) is 9.41 Å². The average Bonchev–Trinajstić information content (AvgIpc) is 3.29. The molecule has 2 fully saturated rings. The Hall–Kier alpha value is -2.27. The van der Waals surface area contributed by atoms with E-state index in [2.05, 4.69) is 52.8 Å². The Morgan fingerprint density at radius 1 is 1.11 bits per heavy atom. The number of rotatable bonds is 7. The van der Waals surface area contributed by atoms with Crippen molar-refractivity contribution in [1.82, 2.24) is 15.5 Å². The summed E-state index contributed by atoms with van der Waals surface area (Å²) in [5, 5.41) is 7.11. The Kier molecular flexibility index (Phi) is 6.32. The highest BCUT2D eigenvalue weighted by molar-refractivity contribution is 5.80. The number of fused-ring (bicyclic) bond motifs is 2. The molecule has 1 aromatic heterocycles. The van der Waals surface area contributed by atoms with Crippen LogP contribution in [0.25, 0.3) is 0 Å². The molecule has 2 aliphatic heterocycles. The molecular weight excluding hydrogens is 348 g/mol. The van der Waals surface area contributed by atoms with Crippen molar-refractivity contribution in [3.05, 3.63) is 60.1 Å². The molecule has 2 N–H and O–H groups in total. The fraction of sp³-hybridized carbons (Fsp3) is 0.522. The highest BCUT2D eigenvalue weighted by Crippen LogP contribution is 2.36. The third kappa shape index (κ3) is 4.76. The number of benzene rings is 1.